The minimum atomic E-state index is -0.302. The molecular formula is C13H16BrNO2. The van der Waals surface area contributed by atoms with Gasteiger partial charge >= 0.3 is 0 Å². The van der Waals surface area contributed by atoms with Crippen LogP contribution in [0.3, 0.4) is 0 Å². The molecule has 2 rings (SSSR count). The van der Waals surface area contributed by atoms with Crippen LogP contribution in [-0.2, 0) is 9.53 Å². The molecule has 0 aromatic heterocycles. The van der Waals surface area contributed by atoms with Crippen LogP contribution in [0.25, 0.3) is 0 Å². The van der Waals surface area contributed by atoms with Crippen molar-refractivity contribution in [3.63, 3.8) is 0 Å². The summed E-state index contributed by atoms with van der Waals surface area (Å²) in [7, 11) is 0. The zero-order valence-corrected chi connectivity index (χ0v) is 11.6. The molecule has 3 nitrogen and oxygen atoms in total. The van der Waals surface area contributed by atoms with E-state index < -0.39 is 0 Å². The zero-order chi connectivity index (χ0) is 12.4. The number of amides is 1. The number of anilines is 1. The molecule has 1 aliphatic heterocycles. The van der Waals surface area contributed by atoms with Gasteiger partial charge in [-0.1, -0.05) is 15.9 Å². The highest BCUT2D eigenvalue weighted by Gasteiger charge is 2.28. The molecule has 1 aromatic carbocycles. The van der Waals surface area contributed by atoms with Crippen LogP contribution in [0.15, 0.2) is 22.7 Å². The van der Waals surface area contributed by atoms with E-state index in [1.54, 1.807) is 0 Å². The third-order valence-electron chi connectivity index (χ3n) is 2.83. The van der Waals surface area contributed by atoms with Gasteiger partial charge in [0.2, 0.25) is 0 Å². The number of ether oxygens (including phenoxy) is 1. The van der Waals surface area contributed by atoms with E-state index in [1.807, 2.05) is 32.0 Å². The molecule has 4 heteroatoms. The second-order valence-corrected chi connectivity index (χ2v) is 5.43. The molecule has 2 unspecified atom stereocenters. The number of hydrogen-bond donors (Lipinski definition) is 1. The normalized spacial score (nSPS) is 23.7. The van der Waals surface area contributed by atoms with Crippen molar-refractivity contribution in [1.29, 1.82) is 0 Å². The van der Waals surface area contributed by atoms with Crippen molar-refractivity contribution in [2.24, 2.45) is 0 Å². The van der Waals surface area contributed by atoms with Gasteiger partial charge in [0.05, 0.1) is 6.10 Å². The summed E-state index contributed by atoms with van der Waals surface area (Å²) >= 11 is 3.41. The molecule has 0 spiro atoms. The van der Waals surface area contributed by atoms with Crippen molar-refractivity contribution >= 4 is 27.5 Å². The maximum Gasteiger partial charge on any atom is 0.253 e. The number of hydrogen-bond acceptors (Lipinski definition) is 2. The summed E-state index contributed by atoms with van der Waals surface area (Å²) < 4.78 is 6.50. The number of nitrogens with one attached hydrogen (secondary N) is 1. The summed E-state index contributed by atoms with van der Waals surface area (Å²) in [4.78, 5) is 11.9. The summed E-state index contributed by atoms with van der Waals surface area (Å²) in [5.41, 5.74) is 1.92. The Morgan fingerprint density at radius 2 is 2.18 bits per heavy atom. The van der Waals surface area contributed by atoms with Gasteiger partial charge in [0.15, 0.2) is 0 Å². The molecule has 1 fully saturated rings. The highest BCUT2D eigenvalue weighted by atomic mass is 79.9. The van der Waals surface area contributed by atoms with Crippen molar-refractivity contribution in [1.82, 2.24) is 0 Å². The van der Waals surface area contributed by atoms with Crippen LogP contribution >= 0.6 is 15.9 Å². The summed E-state index contributed by atoms with van der Waals surface area (Å²) in [5, 5.41) is 2.89. The third-order valence-corrected chi connectivity index (χ3v) is 3.29. The molecule has 0 radical (unpaired) electrons. The quantitative estimate of drug-likeness (QED) is 0.910. The average molecular weight is 298 g/mol. The largest absolute Gasteiger partial charge is 0.365 e. The van der Waals surface area contributed by atoms with E-state index in [9.17, 15) is 4.79 Å². The number of carbonyl (C=O) groups is 1. The van der Waals surface area contributed by atoms with Crippen molar-refractivity contribution < 1.29 is 9.53 Å². The van der Waals surface area contributed by atoms with Crippen molar-refractivity contribution in [3.8, 4) is 0 Å². The second kappa shape index (κ2) is 5.19. The Morgan fingerprint density at radius 1 is 1.41 bits per heavy atom. The number of carbonyl (C=O) groups excluding carboxylic acids is 1. The van der Waals surface area contributed by atoms with Gasteiger partial charge in [-0.2, -0.15) is 0 Å². The standard InChI is InChI=1S/C13H16BrNO2/c1-8-5-10(14)7-11(6-8)15-13(16)12-4-3-9(2)17-12/h5-7,9,12H,3-4H2,1-2H3,(H,15,16). The molecule has 0 aliphatic carbocycles. The second-order valence-electron chi connectivity index (χ2n) is 4.52. The van der Waals surface area contributed by atoms with Gasteiger partial charge in [-0.15, -0.1) is 0 Å². The highest BCUT2D eigenvalue weighted by Crippen LogP contribution is 2.22. The van der Waals surface area contributed by atoms with Gasteiger partial charge in [0.1, 0.15) is 6.10 Å². The SMILES string of the molecule is Cc1cc(Br)cc(NC(=O)C2CCC(C)O2)c1. The molecule has 2 atom stereocenters. The summed E-state index contributed by atoms with van der Waals surface area (Å²) in [6.45, 7) is 3.99. The zero-order valence-electron chi connectivity index (χ0n) is 10.00. The van der Waals surface area contributed by atoms with Gasteiger partial charge in [-0.05, 0) is 50.5 Å². The lowest BCUT2D eigenvalue weighted by molar-refractivity contribution is -0.126. The first kappa shape index (κ1) is 12.6. The topological polar surface area (TPSA) is 38.3 Å². The van der Waals surface area contributed by atoms with Crippen LogP contribution in [-0.4, -0.2) is 18.1 Å². The van der Waals surface area contributed by atoms with E-state index in [2.05, 4.69) is 21.2 Å². The molecular weight excluding hydrogens is 282 g/mol. The maximum absolute atomic E-state index is 11.9. The molecule has 17 heavy (non-hydrogen) atoms. The lowest BCUT2D eigenvalue weighted by Gasteiger charge is -2.12. The van der Waals surface area contributed by atoms with E-state index in [1.165, 1.54) is 0 Å². The predicted molar refractivity (Wildman–Crippen MR) is 71.1 cm³/mol. The van der Waals surface area contributed by atoms with Crippen LogP contribution < -0.4 is 5.32 Å². The smallest absolute Gasteiger partial charge is 0.253 e. The summed E-state index contributed by atoms with van der Waals surface area (Å²) in [6.07, 6.45) is 1.65. The number of benzene rings is 1. The first-order valence-electron chi connectivity index (χ1n) is 5.78. The van der Waals surface area contributed by atoms with Crippen LogP contribution in [0.5, 0.6) is 0 Å². The Morgan fingerprint density at radius 3 is 2.76 bits per heavy atom. The monoisotopic (exact) mass is 297 g/mol. The van der Waals surface area contributed by atoms with Gasteiger partial charge in [0.25, 0.3) is 5.91 Å². The number of halogens is 1. The van der Waals surface area contributed by atoms with Gasteiger partial charge in [-0.25, -0.2) is 0 Å². The fourth-order valence-corrected chi connectivity index (χ4v) is 2.63. The Kier molecular flexibility index (Phi) is 3.84. The number of aryl methyl sites for hydroxylation is 1. The molecule has 1 aliphatic rings. The predicted octanol–water partition coefficient (Wildman–Crippen LogP) is 3.26. The van der Waals surface area contributed by atoms with Gasteiger partial charge in [0, 0.05) is 10.2 Å². The third kappa shape index (κ3) is 3.30. The molecule has 0 saturated carbocycles. The van der Waals surface area contributed by atoms with Crippen LogP contribution in [0.1, 0.15) is 25.3 Å². The van der Waals surface area contributed by atoms with Crippen molar-refractivity contribution in [3.05, 3.63) is 28.2 Å². The maximum atomic E-state index is 11.9. The molecule has 1 amide bonds. The van der Waals surface area contributed by atoms with Gasteiger partial charge < -0.3 is 10.1 Å². The van der Waals surface area contributed by atoms with Crippen LogP contribution in [0.2, 0.25) is 0 Å². The van der Waals surface area contributed by atoms with Crippen LogP contribution in [0.4, 0.5) is 5.69 Å². The minimum absolute atomic E-state index is 0.0492. The Labute approximate surface area is 110 Å². The molecule has 1 N–H and O–H groups in total. The Balaban J connectivity index is 2.03. The highest BCUT2D eigenvalue weighted by molar-refractivity contribution is 9.10. The van der Waals surface area contributed by atoms with Crippen molar-refractivity contribution in [2.75, 3.05) is 5.32 Å². The van der Waals surface area contributed by atoms with Crippen LogP contribution in [0, 0.1) is 6.92 Å². The fraction of sp³-hybridized carbons (Fsp3) is 0.462. The van der Waals surface area contributed by atoms with E-state index in [-0.39, 0.29) is 18.1 Å². The van der Waals surface area contributed by atoms with E-state index in [0.717, 1.165) is 28.6 Å². The Bertz CT molecular complexity index is 413. The first-order valence-corrected chi connectivity index (χ1v) is 6.57. The minimum Gasteiger partial charge on any atom is -0.365 e. The molecule has 1 aromatic rings. The fourth-order valence-electron chi connectivity index (χ4n) is 2.03. The lowest BCUT2D eigenvalue weighted by Crippen LogP contribution is -2.27. The summed E-state index contributed by atoms with van der Waals surface area (Å²) in [6, 6.07) is 5.84. The number of rotatable bonds is 2. The molecule has 0 bridgehead atoms. The molecule has 92 valence electrons. The van der Waals surface area contributed by atoms with E-state index >= 15 is 0 Å². The lowest BCUT2D eigenvalue weighted by atomic mass is 10.2. The first-order chi connectivity index (χ1) is 8.04. The van der Waals surface area contributed by atoms with E-state index in [4.69, 9.17) is 4.74 Å². The molecule has 1 heterocycles. The summed E-state index contributed by atoms with van der Waals surface area (Å²) in [5.74, 6) is -0.0492. The Hall–Kier alpha value is -0.870. The molecule has 1 saturated heterocycles. The average Bonchev–Trinajstić information content (AvgIpc) is 2.63. The van der Waals surface area contributed by atoms with Gasteiger partial charge in [-0.3, -0.25) is 4.79 Å². The van der Waals surface area contributed by atoms with Crippen molar-refractivity contribution in [2.45, 2.75) is 38.9 Å². The van der Waals surface area contributed by atoms with E-state index in [0.29, 0.717) is 0 Å².